The van der Waals surface area contributed by atoms with Crippen LogP contribution >= 0.6 is 27.3 Å². The maximum atomic E-state index is 12.6. The number of hydrogen-bond acceptors (Lipinski definition) is 3. The summed E-state index contributed by atoms with van der Waals surface area (Å²) < 4.78 is 1.10. The first kappa shape index (κ1) is 13.6. The van der Waals surface area contributed by atoms with Crippen LogP contribution in [0.2, 0.25) is 0 Å². The second kappa shape index (κ2) is 5.54. The van der Waals surface area contributed by atoms with Gasteiger partial charge in [-0.2, -0.15) is 0 Å². The molecule has 1 aromatic heterocycles. The highest BCUT2D eigenvalue weighted by molar-refractivity contribution is 9.11. The number of carbonyl (C=O) groups excluding carboxylic acids is 1. The number of hydrogen-bond donors (Lipinski definition) is 1. The summed E-state index contributed by atoms with van der Waals surface area (Å²) in [7, 11) is 0. The van der Waals surface area contributed by atoms with Gasteiger partial charge in [-0.15, -0.1) is 11.3 Å². The van der Waals surface area contributed by atoms with Crippen molar-refractivity contribution < 1.29 is 4.79 Å². The smallest absolute Gasteiger partial charge is 0.230 e. The van der Waals surface area contributed by atoms with Gasteiger partial charge in [0.2, 0.25) is 5.91 Å². The zero-order valence-electron chi connectivity index (χ0n) is 11.1. The maximum absolute atomic E-state index is 12.6. The van der Waals surface area contributed by atoms with Crippen LogP contribution in [0, 0.1) is 0 Å². The second-order valence-electron chi connectivity index (χ2n) is 5.57. The fraction of sp³-hybridized carbons (Fsp3) is 0.643. The van der Waals surface area contributed by atoms with Crippen molar-refractivity contribution in [1.82, 2.24) is 10.2 Å². The van der Waals surface area contributed by atoms with Crippen molar-refractivity contribution in [1.29, 1.82) is 0 Å². The summed E-state index contributed by atoms with van der Waals surface area (Å²) in [6.07, 6.45) is 3.59. The van der Waals surface area contributed by atoms with Crippen LogP contribution in [-0.2, 0) is 4.79 Å². The van der Waals surface area contributed by atoms with Gasteiger partial charge in [-0.25, -0.2) is 0 Å². The minimum Gasteiger partial charge on any atom is -0.341 e. The first-order valence-electron chi connectivity index (χ1n) is 6.93. The third-order valence-electron chi connectivity index (χ3n) is 4.23. The SMILES string of the molecule is CC(C(=O)N1CCC2CCC(C1)N2)c1ccc(Br)s1. The molecule has 0 radical (unpaired) electrons. The summed E-state index contributed by atoms with van der Waals surface area (Å²) in [5.74, 6) is 0.261. The van der Waals surface area contributed by atoms with E-state index in [9.17, 15) is 4.79 Å². The van der Waals surface area contributed by atoms with Crippen LogP contribution in [0.5, 0.6) is 0 Å². The fourth-order valence-corrected chi connectivity index (χ4v) is 4.57. The molecule has 3 nitrogen and oxygen atoms in total. The molecular weight excluding hydrogens is 324 g/mol. The summed E-state index contributed by atoms with van der Waals surface area (Å²) in [5.41, 5.74) is 0. The predicted octanol–water partition coefficient (Wildman–Crippen LogP) is 2.97. The van der Waals surface area contributed by atoms with Gasteiger partial charge in [0.1, 0.15) is 0 Å². The van der Waals surface area contributed by atoms with E-state index >= 15 is 0 Å². The molecule has 1 amide bonds. The maximum Gasteiger partial charge on any atom is 0.230 e. The largest absolute Gasteiger partial charge is 0.341 e. The summed E-state index contributed by atoms with van der Waals surface area (Å²) in [4.78, 5) is 15.8. The predicted molar refractivity (Wildman–Crippen MR) is 81.6 cm³/mol. The van der Waals surface area contributed by atoms with Crippen LogP contribution in [-0.4, -0.2) is 36.0 Å². The molecule has 0 saturated carbocycles. The van der Waals surface area contributed by atoms with E-state index in [0.29, 0.717) is 12.1 Å². The summed E-state index contributed by atoms with van der Waals surface area (Å²) >= 11 is 5.13. The lowest BCUT2D eigenvalue weighted by molar-refractivity contribution is -0.132. The topological polar surface area (TPSA) is 32.3 Å². The van der Waals surface area contributed by atoms with E-state index in [-0.39, 0.29) is 11.8 Å². The number of fused-ring (bicyclic) bond motifs is 2. The molecular formula is C14H19BrN2OS. The number of rotatable bonds is 2. The van der Waals surface area contributed by atoms with Crippen LogP contribution in [0.15, 0.2) is 15.9 Å². The third kappa shape index (κ3) is 2.88. The Bertz CT molecular complexity index is 476. The van der Waals surface area contributed by atoms with Gasteiger partial charge in [-0.3, -0.25) is 4.79 Å². The van der Waals surface area contributed by atoms with Crippen LogP contribution in [0.3, 0.4) is 0 Å². The minimum atomic E-state index is -0.0204. The molecule has 2 bridgehead atoms. The standard InChI is InChI=1S/C14H19BrN2OS/c1-9(12-4-5-13(15)19-12)14(18)17-7-6-10-2-3-11(8-17)16-10/h4-5,9-11,16H,2-3,6-8H2,1H3. The number of amides is 1. The quantitative estimate of drug-likeness (QED) is 0.895. The number of carbonyl (C=O) groups is 1. The summed E-state index contributed by atoms with van der Waals surface area (Å²) in [6.45, 7) is 3.81. The zero-order valence-corrected chi connectivity index (χ0v) is 13.5. The molecule has 1 N–H and O–H groups in total. The van der Waals surface area contributed by atoms with Crippen LogP contribution < -0.4 is 5.32 Å². The lowest BCUT2D eigenvalue weighted by Crippen LogP contribution is -2.40. The summed E-state index contributed by atoms with van der Waals surface area (Å²) in [6, 6.07) is 5.22. The van der Waals surface area contributed by atoms with Crippen molar-refractivity contribution in [3.05, 3.63) is 20.8 Å². The van der Waals surface area contributed by atoms with E-state index in [1.807, 2.05) is 13.0 Å². The monoisotopic (exact) mass is 342 g/mol. The van der Waals surface area contributed by atoms with E-state index in [1.165, 1.54) is 12.8 Å². The van der Waals surface area contributed by atoms with Gasteiger partial charge in [0.25, 0.3) is 0 Å². The molecule has 2 aliphatic heterocycles. The van der Waals surface area contributed by atoms with E-state index in [0.717, 1.165) is 28.2 Å². The molecule has 104 valence electrons. The Labute approximate surface area is 126 Å². The number of nitrogens with one attached hydrogen (secondary N) is 1. The lowest BCUT2D eigenvalue weighted by atomic mass is 10.0. The van der Waals surface area contributed by atoms with Crippen LogP contribution in [0.4, 0.5) is 0 Å². The number of halogens is 1. The molecule has 2 aliphatic rings. The Balaban J connectivity index is 1.69. The molecule has 0 spiro atoms. The number of likely N-dealkylation sites (tertiary alicyclic amines) is 1. The van der Waals surface area contributed by atoms with Gasteiger partial charge in [0.05, 0.1) is 9.70 Å². The Morgan fingerprint density at radius 1 is 1.42 bits per heavy atom. The van der Waals surface area contributed by atoms with Crippen molar-refractivity contribution in [2.75, 3.05) is 13.1 Å². The van der Waals surface area contributed by atoms with Crippen LogP contribution in [0.25, 0.3) is 0 Å². The highest BCUT2D eigenvalue weighted by Crippen LogP contribution is 2.30. The second-order valence-corrected chi connectivity index (χ2v) is 8.07. The average molecular weight is 343 g/mol. The average Bonchev–Trinajstić information content (AvgIpc) is 2.94. The first-order chi connectivity index (χ1) is 9.13. The lowest BCUT2D eigenvalue weighted by Gasteiger charge is -2.26. The molecule has 19 heavy (non-hydrogen) atoms. The zero-order chi connectivity index (χ0) is 13.4. The van der Waals surface area contributed by atoms with Gasteiger partial charge >= 0.3 is 0 Å². The Hall–Kier alpha value is -0.390. The van der Waals surface area contributed by atoms with E-state index in [4.69, 9.17) is 0 Å². The molecule has 0 aromatic carbocycles. The van der Waals surface area contributed by atoms with Crippen molar-refractivity contribution in [3.63, 3.8) is 0 Å². The third-order valence-corrected chi connectivity index (χ3v) is 6.03. The Morgan fingerprint density at radius 3 is 2.95 bits per heavy atom. The molecule has 3 atom stereocenters. The molecule has 0 aliphatic carbocycles. The van der Waals surface area contributed by atoms with Gasteiger partial charge in [0, 0.05) is 30.1 Å². The Morgan fingerprint density at radius 2 is 2.21 bits per heavy atom. The van der Waals surface area contributed by atoms with Crippen molar-refractivity contribution in [2.45, 2.75) is 44.2 Å². The number of thiophene rings is 1. The van der Waals surface area contributed by atoms with E-state index < -0.39 is 0 Å². The molecule has 3 rings (SSSR count). The van der Waals surface area contributed by atoms with Crippen LogP contribution in [0.1, 0.15) is 37.0 Å². The van der Waals surface area contributed by atoms with Gasteiger partial charge < -0.3 is 10.2 Å². The fourth-order valence-electron chi connectivity index (χ4n) is 3.10. The van der Waals surface area contributed by atoms with Crippen molar-refractivity contribution in [2.24, 2.45) is 0 Å². The van der Waals surface area contributed by atoms with Gasteiger partial charge in [-0.05, 0) is 54.2 Å². The minimum absolute atomic E-state index is 0.0204. The molecule has 2 fully saturated rings. The van der Waals surface area contributed by atoms with Crippen molar-refractivity contribution >= 4 is 33.2 Å². The van der Waals surface area contributed by atoms with E-state index in [2.05, 4.69) is 32.2 Å². The Kier molecular flexibility index (Phi) is 3.96. The highest BCUT2D eigenvalue weighted by atomic mass is 79.9. The van der Waals surface area contributed by atoms with Gasteiger partial charge in [0.15, 0.2) is 0 Å². The number of nitrogens with zero attached hydrogens (tertiary/aromatic N) is 1. The first-order valence-corrected chi connectivity index (χ1v) is 8.54. The van der Waals surface area contributed by atoms with E-state index in [1.54, 1.807) is 11.3 Å². The molecule has 2 saturated heterocycles. The van der Waals surface area contributed by atoms with Crippen molar-refractivity contribution in [3.8, 4) is 0 Å². The normalized spacial score (nSPS) is 28.2. The summed E-state index contributed by atoms with van der Waals surface area (Å²) in [5, 5.41) is 3.62. The highest BCUT2D eigenvalue weighted by Gasteiger charge is 2.33. The molecule has 5 heteroatoms. The molecule has 1 aromatic rings. The molecule has 3 heterocycles. The van der Waals surface area contributed by atoms with Gasteiger partial charge in [-0.1, -0.05) is 0 Å². The molecule has 3 unspecified atom stereocenters.